The Morgan fingerprint density at radius 3 is 2.32 bits per heavy atom. The molecular formula is C16H21N3. The molecule has 1 aromatic carbocycles. The first-order valence-corrected chi connectivity index (χ1v) is 6.64. The van der Waals surface area contributed by atoms with Crippen LogP contribution in [-0.2, 0) is 6.42 Å². The van der Waals surface area contributed by atoms with Gasteiger partial charge in [-0.25, -0.2) is 0 Å². The number of hydrogen-bond donors (Lipinski definition) is 2. The summed E-state index contributed by atoms with van der Waals surface area (Å²) >= 11 is 0. The molecule has 3 nitrogen and oxygen atoms in total. The van der Waals surface area contributed by atoms with Gasteiger partial charge < -0.3 is 0 Å². The summed E-state index contributed by atoms with van der Waals surface area (Å²) in [4.78, 5) is 4.40. The Morgan fingerprint density at radius 1 is 1.11 bits per heavy atom. The summed E-state index contributed by atoms with van der Waals surface area (Å²) in [7, 11) is 0. The minimum Gasteiger partial charge on any atom is -0.271 e. The highest BCUT2D eigenvalue weighted by Gasteiger charge is 2.11. The average Bonchev–Trinajstić information content (AvgIpc) is 2.39. The SMILES string of the molecule is Cc1cc(C(CCc2ccccc2)NN)cc(C)n1. The van der Waals surface area contributed by atoms with Crippen LogP contribution in [0.3, 0.4) is 0 Å². The molecule has 0 radical (unpaired) electrons. The average molecular weight is 255 g/mol. The first kappa shape index (κ1) is 13.7. The summed E-state index contributed by atoms with van der Waals surface area (Å²) in [6.45, 7) is 4.03. The Balaban J connectivity index is 2.07. The van der Waals surface area contributed by atoms with Crippen molar-refractivity contribution in [1.29, 1.82) is 0 Å². The summed E-state index contributed by atoms with van der Waals surface area (Å²) in [5.74, 6) is 5.70. The van der Waals surface area contributed by atoms with E-state index in [0.29, 0.717) is 0 Å². The maximum atomic E-state index is 5.70. The van der Waals surface area contributed by atoms with E-state index in [1.807, 2.05) is 19.9 Å². The number of nitrogens with two attached hydrogens (primary N) is 1. The van der Waals surface area contributed by atoms with E-state index in [4.69, 9.17) is 5.84 Å². The first-order chi connectivity index (χ1) is 9.19. The Labute approximate surface area is 114 Å². The Kier molecular flexibility index (Phi) is 4.66. The molecule has 100 valence electrons. The zero-order valence-electron chi connectivity index (χ0n) is 11.6. The van der Waals surface area contributed by atoms with Crippen LogP contribution in [0.4, 0.5) is 0 Å². The van der Waals surface area contributed by atoms with Gasteiger partial charge in [-0.15, -0.1) is 0 Å². The number of rotatable bonds is 5. The van der Waals surface area contributed by atoms with Crippen molar-refractivity contribution in [1.82, 2.24) is 10.4 Å². The first-order valence-electron chi connectivity index (χ1n) is 6.64. The lowest BCUT2D eigenvalue weighted by Crippen LogP contribution is -2.28. The van der Waals surface area contributed by atoms with Crippen molar-refractivity contribution < 1.29 is 0 Å². The minimum absolute atomic E-state index is 0.167. The van der Waals surface area contributed by atoms with Crippen LogP contribution in [0, 0.1) is 13.8 Å². The van der Waals surface area contributed by atoms with Crippen molar-refractivity contribution in [3.05, 3.63) is 65.0 Å². The van der Waals surface area contributed by atoms with E-state index in [1.54, 1.807) is 0 Å². The molecule has 0 saturated carbocycles. The van der Waals surface area contributed by atoms with E-state index in [9.17, 15) is 0 Å². The third-order valence-corrected chi connectivity index (χ3v) is 3.27. The number of aromatic nitrogens is 1. The molecule has 1 aromatic heterocycles. The van der Waals surface area contributed by atoms with E-state index in [0.717, 1.165) is 24.2 Å². The van der Waals surface area contributed by atoms with Crippen LogP contribution in [0.15, 0.2) is 42.5 Å². The fourth-order valence-corrected chi connectivity index (χ4v) is 2.37. The predicted octanol–water partition coefficient (Wildman–Crippen LogP) is 2.84. The molecule has 3 N–H and O–H groups in total. The summed E-state index contributed by atoms with van der Waals surface area (Å²) in [6.07, 6.45) is 1.99. The van der Waals surface area contributed by atoms with Crippen LogP contribution < -0.4 is 11.3 Å². The molecule has 2 aromatic rings. The maximum absolute atomic E-state index is 5.70. The van der Waals surface area contributed by atoms with Gasteiger partial charge in [-0.05, 0) is 49.9 Å². The highest BCUT2D eigenvalue weighted by atomic mass is 15.2. The molecule has 0 amide bonds. The number of pyridine rings is 1. The van der Waals surface area contributed by atoms with Crippen molar-refractivity contribution in [2.45, 2.75) is 32.7 Å². The van der Waals surface area contributed by atoms with E-state index < -0.39 is 0 Å². The number of nitrogens with one attached hydrogen (secondary N) is 1. The quantitative estimate of drug-likeness (QED) is 0.638. The molecule has 0 fully saturated rings. The van der Waals surface area contributed by atoms with Gasteiger partial charge in [-0.3, -0.25) is 16.3 Å². The van der Waals surface area contributed by atoms with Crippen molar-refractivity contribution in [3.63, 3.8) is 0 Å². The molecule has 1 heterocycles. The number of hydrazine groups is 1. The highest BCUT2D eigenvalue weighted by Crippen LogP contribution is 2.19. The Hall–Kier alpha value is -1.71. The molecule has 3 heteroatoms. The highest BCUT2D eigenvalue weighted by molar-refractivity contribution is 5.24. The van der Waals surface area contributed by atoms with Crippen LogP contribution in [0.2, 0.25) is 0 Å². The van der Waals surface area contributed by atoms with Crippen LogP contribution in [0.5, 0.6) is 0 Å². The second-order valence-corrected chi connectivity index (χ2v) is 4.93. The Morgan fingerprint density at radius 2 is 1.74 bits per heavy atom. The van der Waals surface area contributed by atoms with Gasteiger partial charge in [-0.2, -0.15) is 0 Å². The minimum atomic E-state index is 0.167. The number of aryl methyl sites for hydroxylation is 3. The molecule has 0 bridgehead atoms. The smallest absolute Gasteiger partial charge is 0.0464 e. The van der Waals surface area contributed by atoms with Crippen LogP contribution in [0.1, 0.15) is 35.0 Å². The van der Waals surface area contributed by atoms with Gasteiger partial charge in [0.2, 0.25) is 0 Å². The fraction of sp³-hybridized carbons (Fsp3) is 0.312. The van der Waals surface area contributed by atoms with Crippen molar-refractivity contribution in [2.24, 2.45) is 5.84 Å². The number of nitrogens with zero attached hydrogens (tertiary/aromatic N) is 1. The predicted molar refractivity (Wildman–Crippen MR) is 78.5 cm³/mol. The van der Waals surface area contributed by atoms with Gasteiger partial charge in [-0.1, -0.05) is 30.3 Å². The summed E-state index contributed by atoms with van der Waals surface area (Å²) in [6, 6.07) is 14.8. The van der Waals surface area contributed by atoms with Gasteiger partial charge in [0.1, 0.15) is 0 Å². The topological polar surface area (TPSA) is 50.9 Å². The molecule has 0 spiro atoms. The third-order valence-electron chi connectivity index (χ3n) is 3.27. The van der Waals surface area contributed by atoms with Crippen molar-refractivity contribution in [3.8, 4) is 0 Å². The van der Waals surface area contributed by atoms with E-state index in [2.05, 4.69) is 46.8 Å². The van der Waals surface area contributed by atoms with Gasteiger partial charge in [0.05, 0.1) is 0 Å². The standard InChI is InChI=1S/C16H21N3/c1-12-10-15(11-13(2)18-12)16(19-17)9-8-14-6-4-3-5-7-14/h3-7,10-11,16,19H,8-9,17H2,1-2H3. The van der Waals surface area contributed by atoms with Crippen molar-refractivity contribution in [2.75, 3.05) is 0 Å². The summed E-state index contributed by atoms with van der Waals surface area (Å²) in [5.41, 5.74) is 7.54. The maximum Gasteiger partial charge on any atom is 0.0464 e. The van der Waals surface area contributed by atoms with Gasteiger partial charge >= 0.3 is 0 Å². The normalized spacial score (nSPS) is 12.4. The molecule has 0 saturated heterocycles. The molecule has 1 unspecified atom stereocenters. The lowest BCUT2D eigenvalue weighted by molar-refractivity contribution is 0.515. The second-order valence-electron chi connectivity index (χ2n) is 4.93. The zero-order valence-corrected chi connectivity index (χ0v) is 11.6. The lowest BCUT2D eigenvalue weighted by atomic mass is 9.99. The van der Waals surface area contributed by atoms with E-state index in [-0.39, 0.29) is 6.04 Å². The fourth-order valence-electron chi connectivity index (χ4n) is 2.37. The summed E-state index contributed by atoms with van der Waals surface area (Å²) in [5, 5.41) is 0. The molecule has 0 aliphatic carbocycles. The molecular weight excluding hydrogens is 234 g/mol. The zero-order chi connectivity index (χ0) is 13.7. The second kappa shape index (κ2) is 6.45. The van der Waals surface area contributed by atoms with Crippen LogP contribution >= 0.6 is 0 Å². The van der Waals surface area contributed by atoms with E-state index >= 15 is 0 Å². The van der Waals surface area contributed by atoms with Crippen molar-refractivity contribution >= 4 is 0 Å². The van der Waals surface area contributed by atoms with Crippen LogP contribution in [-0.4, -0.2) is 4.98 Å². The third kappa shape index (κ3) is 3.88. The number of benzene rings is 1. The van der Waals surface area contributed by atoms with E-state index in [1.165, 1.54) is 11.1 Å². The molecule has 0 aliphatic rings. The molecule has 1 atom stereocenters. The van der Waals surface area contributed by atoms with Gasteiger partial charge in [0.15, 0.2) is 0 Å². The Bertz CT molecular complexity index is 503. The van der Waals surface area contributed by atoms with Crippen LogP contribution in [0.25, 0.3) is 0 Å². The number of hydrogen-bond acceptors (Lipinski definition) is 3. The van der Waals surface area contributed by atoms with Gasteiger partial charge in [0.25, 0.3) is 0 Å². The van der Waals surface area contributed by atoms with Gasteiger partial charge in [0, 0.05) is 17.4 Å². The monoisotopic (exact) mass is 255 g/mol. The molecule has 2 rings (SSSR count). The summed E-state index contributed by atoms with van der Waals surface area (Å²) < 4.78 is 0. The molecule has 0 aliphatic heterocycles. The largest absolute Gasteiger partial charge is 0.271 e. The lowest BCUT2D eigenvalue weighted by Gasteiger charge is -2.17. The molecule has 19 heavy (non-hydrogen) atoms.